The van der Waals surface area contributed by atoms with Gasteiger partial charge in [-0.3, -0.25) is 4.79 Å². The zero-order valence-corrected chi connectivity index (χ0v) is 13.8. The van der Waals surface area contributed by atoms with Gasteiger partial charge in [-0.25, -0.2) is 9.78 Å². The summed E-state index contributed by atoms with van der Waals surface area (Å²) in [5.74, 6) is -1.38. The van der Waals surface area contributed by atoms with Crippen molar-refractivity contribution in [2.24, 2.45) is 0 Å². The molecule has 0 aliphatic carbocycles. The van der Waals surface area contributed by atoms with Gasteiger partial charge in [-0.2, -0.15) is 0 Å². The first-order valence-electron chi connectivity index (χ1n) is 7.42. The number of hydrogen-bond acceptors (Lipinski definition) is 3. The van der Waals surface area contributed by atoms with Gasteiger partial charge in [0.25, 0.3) is 5.91 Å². The third kappa shape index (κ3) is 4.24. The Bertz CT molecular complexity index is 919. The smallest absolute Gasteiger partial charge is 0.335 e. The lowest BCUT2D eigenvalue weighted by Gasteiger charge is -2.04. The average molecular weight is 356 g/mol. The minimum absolute atomic E-state index is 0.156. The van der Waals surface area contributed by atoms with Gasteiger partial charge in [-0.1, -0.05) is 23.7 Å². The summed E-state index contributed by atoms with van der Waals surface area (Å²) in [4.78, 5) is 27.2. The standard InChI is InChI=1S/C18H14ClN3O3/c19-14-3-1-2-12(8-14)9-22-10-16(20-11-22)17(23)21-15-6-4-13(5-7-15)18(24)25/h1-8,10-11H,9H2,(H,21,23)(H,24,25). The molecule has 1 aromatic heterocycles. The van der Waals surface area contributed by atoms with E-state index < -0.39 is 5.97 Å². The zero-order chi connectivity index (χ0) is 17.8. The fourth-order valence-electron chi connectivity index (χ4n) is 2.30. The molecule has 25 heavy (non-hydrogen) atoms. The van der Waals surface area contributed by atoms with E-state index in [0.29, 0.717) is 17.3 Å². The van der Waals surface area contributed by atoms with Crippen molar-refractivity contribution in [1.82, 2.24) is 9.55 Å². The molecule has 0 bridgehead atoms. The average Bonchev–Trinajstić information content (AvgIpc) is 3.04. The Balaban J connectivity index is 1.67. The van der Waals surface area contributed by atoms with Crippen molar-refractivity contribution in [3.8, 4) is 0 Å². The highest BCUT2D eigenvalue weighted by atomic mass is 35.5. The number of rotatable bonds is 5. The molecule has 0 atom stereocenters. The summed E-state index contributed by atoms with van der Waals surface area (Å²) < 4.78 is 1.79. The van der Waals surface area contributed by atoms with Crippen molar-refractivity contribution in [2.75, 3.05) is 5.32 Å². The second-order valence-electron chi connectivity index (χ2n) is 5.40. The molecule has 0 aliphatic rings. The lowest BCUT2D eigenvalue weighted by molar-refractivity contribution is 0.0696. The summed E-state index contributed by atoms with van der Waals surface area (Å²) in [5, 5.41) is 12.2. The Morgan fingerprint density at radius 3 is 2.60 bits per heavy atom. The van der Waals surface area contributed by atoms with Crippen LogP contribution in [0.5, 0.6) is 0 Å². The van der Waals surface area contributed by atoms with E-state index in [0.717, 1.165) is 5.56 Å². The van der Waals surface area contributed by atoms with Crippen LogP contribution in [-0.2, 0) is 6.54 Å². The second-order valence-corrected chi connectivity index (χ2v) is 5.83. The number of carboxylic acids is 1. The number of anilines is 1. The minimum Gasteiger partial charge on any atom is -0.478 e. The summed E-state index contributed by atoms with van der Waals surface area (Å²) in [6.07, 6.45) is 3.21. The molecule has 126 valence electrons. The monoisotopic (exact) mass is 355 g/mol. The molecule has 7 heteroatoms. The highest BCUT2D eigenvalue weighted by molar-refractivity contribution is 6.30. The molecule has 2 N–H and O–H groups in total. The van der Waals surface area contributed by atoms with Crippen molar-refractivity contribution in [3.63, 3.8) is 0 Å². The number of aromatic carboxylic acids is 1. The second kappa shape index (κ2) is 7.19. The van der Waals surface area contributed by atoms with Gasteiger partial charge < -0.3 is 15.0 Å². The topological polar surface area (TPSA) is 84.2 Å². The Morgan fingerprint density at radius 1 is 1.16 bits per heavy atom. The molecule has 0 saturated carbocycles. The number of carbonyl (C=O) groups excluding carboxylic acids is 1. The van der Waals surface area contributed by atoms with E-state index in [1.54, 1.807) is 23.2 Å². The van der Waals surface area contributed by atoms with Crippen LogP contribution < -0.4 is 5.32 Å². The molecule has 3 aromatic rings. The normalized spacial score (nSPS) is 10.4. The Kier molecular flexibility index (Phi) is 4.81. The van der Waals surface area contributed by atoms with E-state index in [-0.39, 0.29) is 17.2 Å². The van der Waals surface area contributed by atoms with E-state index in [1.165, 1.54) is 24.3 Å². The fraction of sp³-hybridized carbons (Fsp3) is 0.0556. The quantitative estimate of drug-likeness (QED) is 0.733. The molecular weight excluding hydrogens is 342 g/mol. The third-order valence-electron chi connectivity index (χ3n) is 3.51. The van der Waals surface area contributed by atoms with Crippen molar-refractivity contribution in [1.29, 1.82) is 0 Å². The number of halogens is 1. The van der Waals surface area contributed by atoms with Gasteiger partial charge in [-0.15, -0.1) is 0 Å². The van der Waals surface area contributed by atoms with Crippen LogP contribution in [0.4, 0.5) is 5.69 Å². The van der Waals surface area contributed by atoms with Crippen LogP contribution in [0.1, 0.15) is 26.4 Å². The Labute approximate surface area is 148 Å². The summed E-state index contributed by atoms with van der Waals surface area (Å²) in [6.45, 7) is 0.550. The molecule has 0 aliphatic heterocycles. The highest BCUT2D eigenvalue weighted by Crippen LogP contribution is 2.13. The zero-order valence-electron chi connectivity index (χ0n) is 13.0. The highest BCUT2D eigenvalue weighted by Gasteiger charge is 2.11. The number of imidazole rings is 1. The first-order valence-corrected chi connectivity index (χ1v) is 7.80. The summed E-state index contributed by atoms with van der Waals surface area (Å²) in [7, 11) is 0. The van der Waals surface area contributed by atoms with Crippen LogP contribution in [0, 0.1) is 0 Å². The van der Waals surface area contributed by atoms with Crippen LogP contribution in [0.3, 0.4) is 0 Å². The molecule has 1 amide bonds. The number of amides is 1. The van der Waals surface area contributed by atoms with Gasteiger partial charge in [0.1, 0.15) is 5.69 Å². The van der Waals surface area contributed by atoms with Gasteiger partial charge >= 0.3 is 5.97 Å². The number of hydrogen-bond donors (Lipinski definition) is 2. The van der Waals surface area contributed by atoms with Crippen molar-refractivity contribution in [2.45, 2.75) is 6.54 Å². The van der Waals surface area contributed by atoms with Crippen LogP contribution >= 0.6 is 11.6 Å². The van der Waals surface area contributed by atoms with E-state index >= 15 is 0 Å². The van der Waals surface area contributed by atoms with Crippen LogP contribution in [0.15, 0.2) is 61.1 Å². The predicted molar refractivity (Wildman–Crippen MR) is 94.1 cm³/mol. The van der Waals surface area contributed by atoms with E-state index in [1.807, 2.05) is 18.2 Å². The maximum Gasteiger partial charge on any atom is 0.335 e. The van der Waals surface area contributed by atoms with Crippen molar-refractivity contribution < 1.29 is 14.7 Å². The molecule has 0 spiro atoms. The van der Waals surface area contributed by atoms with Gasteiger partial charge in [-0.05, 0) is 42.0 Å². The summed E-state index contributed by atoms with van der Waals surface area (Å²) >= 11 is 5.96. The van der Waals surface area contributed by atoms with E-state index in [4.69, 9.17) is 16.7 Å². The first kappa shape index (κ1) is 16.7. The van der Waals surface area contributed by atoms with E-state index in [2.05, 4.69) is 10.3 Å². The largest absolute Gasteiger partial charge is 0.478 e. The maximum absolute atomic E-state index is 12.2. The number of aromatic nitrogens is 2. The first-order chi connectivity index (χ1) is 12.0. The lowest BCUT2D eigenvalue weighted by Crippen LogP contribution is -2.12. The third-order valence-corrected chi connectivity index (χ3v) is 3.74. The van der Waals surface area contributed by atoms with Crippen molar-refractivity contribution in [3.05, 3.63) is 82.9 Å². The van der Waals surface area contributed by atoms with Gasteiger partial charge in [0.05, 0.1) is 11.9 Å². The van der Waals surface area contributed by atoms with Gasteiger partial charge in [0, 0.05) is 23.5 Å². The van der Waals surface area contributed by atoms with Crippen molar-refractivity contribution >= 4 is 29.2 Å². The number of carbonyl (C=O) groups is 2. The fourth-order valence-corrected chi connectivity index (χ4v) is 2.51. The Morgan fingerprint density at radius 2 is 1.92 bits per heavy atom. The molecule has 6 nitrogen and oxygen atoms in total. The molecule has 0 radical (unpaired) electrons. The number of nitrogens with zero attached hydrogens (tertiary/aromatic N) is 2. The van der Waals surface area contributed by atoms with Crippen LogP contribution in [0.2, 0.25) is 5.02 Å². The van der Waals surface area contributed by atoms with Crippen LogP contribution in [-0.4, -0.2) is 26.5 Å². The molecule has 3 rings (SSSR count). The summed E-state index contributed by atoms with van der Waals surface area (Å²) in [6, 6.07) is 13.4. The SMILES string of the molecule is O=C(O)c1ccc(NC(=O)c2cn(Cc3cccc(Cl)c3)cn2)cc1. The van der Waals surface area contributed by atoms with Gasteiger partial charge in [0.15, 0.2) is 0 Å². The van der Waals surface area contributed by atoms with E-state index in [9.17, 15) is 9.59 Å². The number of benzene rings is 2. The molecule has 2 aromatic carbocycles. The molecule has 0 fully saturated rings. The lowest BCUT2D eigenvalue weighted by atomic mass is 10.2. The van der Waals surface area contributed by atoms with Crippen LogP contribution in [0.25, 0.3) is 0 Å². The molecular formula is C18H14ClN3O3. The Hall–Kier alpha value is -3.12. The maximum atomic E-state index is 12.2. The summed E-state index contributed by atoms with van der Waals surface area (Å²) in [5.41, 5.74) is 1.92. The molecule has 1 heterocycles. The number of carboxylic acid groups (broad SMARTS) is 1. The number of nitrogens with one attached hydrogen (secondary N) is 1. The molecule has 0 unspecified atom stereocenters. The van der Waals surface area contributed by atoms with Gasteiger partial charge in [0.2, 0.25) is 0 Å². The molecule has 0 saturated heterocycles. The minimum atomic E-state index is -1.02. The predicted octanol–water partition coefficient (Wildman–Crippen LogP) is 3.54.